The summed E-state index contributed by atoms with van der Waals surface area (Å²) in [6.45, 7) is 1.05. The maximum atomic E-state index is 13.1. The molecule has 0 amide bonds. The Kier molecular flexibility index (Phi) is 5.28. The molecule has 0 heterocycles. The van der Waals surface area contributed by atoms with Gasteiger partial charge < -0.3 is 4.74 Å². The zero-order chi connectivity index (χ0) is 14.2. The number of nitriles is 1. The first-order valence-electron chi connectivity index (χ1n) is 6.60. The average Bonchev–Trinajstić information content (AvgIpc) is 2.49. The highest BCUT2D eigenvalue weighted by atomic mass is 19.1. The van der Waals surface area contributed by atoms with Gasteiger partial charge in [0.15, 0.2) is 0 Å². The van der Waals surface area contributed by atoms with Crippen molar-refractivity contribution in [3.05, 3.63) is 71.0 Å². The van der Waals surface area contributed by atoms with Crippen molar-refractivity contribution in [2.45, 2.75) is 19.4 Å². The van der Waals surface area contributed by atoms with Gasteiger partial charge in [0, 0.05) is 6.61 Å². The molecule has 2 aromatic rings. The summed E-state index contributed by atoms with van der Waals surface area (Å²) in [4.78, 5) is 0. The van der Waals surface area contributed by atoms with Crippen molar-refractivity contribution in [1.29, 1.82) is 5.26 Å². The van der Waals surface area contributed by atoms with E-state index in [-0.39, 0.29) is 5.56 Å². The van der Waals surface area contributed by atoms with E-state index in [2.05, 4.69) is 12.1 Å². The quantitative estimate of drug-likeness (QED) is 0.746. The van der Waals surface area contributed by atoms with Gasteiger partial charge in [0.2, 0.25) is 0 Å². The third kappa shape index (κ3) is 4.18. The van der Waals surface area contributed by atoms with Crippen LogP contribution in [0.5, 0.6) is 0 Å². The van der Waals surface area contributed by atoms with Crippen molar-refractivity contribution in [1.82, 2.24) is 0 Å². The Labute approximate surface area is 118 Å². The minimum atomic E-state index is -0.486. The molecule has 0 unspecified atom stereocenters. The maximum Gasteiger partial charge on any atom is 0.140 e. The van der Waals surface area contributed by atoms with Crippen LogP contribution in [0.2, 0.25) is 0 Å². The highest BCUT2D eigenvalue weighted by molar-refractivity contribution is 5.34. The highest BCUT2D eigenvalue weighted by Crippen LogP contribution is 2.11. The lowest BCUT2D eigenvalue weighted by atomic mass is 10.1. The normalized spacial score (nSPS) is 10.2. The van der Waals surface area contributed by atoms with Crippen molar-refractivity contribution in [2.24, 2.45) is 0 Å². The molecule has 0 aliphatic carbocycles. The lowest BCUT2D eigenvalue weighted by molar-refractivity contribution is 0.118. The number of hydrogen-bond acceptors (Lipinski definition) is 2. The maximum absolute atomic E-state index is 13.1. The zero-order valence-corrected chi connectivity index (χ0v) is 11.2. The first kappa shape index (κ1) is 14.2. The van der Waals surface area contributed by atoms with Crippen molar-refractivity contribution >= 4 is 0 Å². The fourth-order valence-electron chi connectivity index (χ4n) is 1.96. The van der Waals surface area contributed by atoms with Gasteiger partial charge in [0.25, 0.3) is 0 Å². The van der Waals surface area contributed by atoms with Crippen LogP contribution in [-0.4, -0.2) is 6.61 Å². The van der Waals surface area contributed by atoms with Crippen LogP contribution in [0, 0.1) is 17.1 Å². The van der Waals surface area contributed by atoms with E-state index in [1.807, 2.05) is 24.3 Å². The number of nitrogens with zero attached hydrogens (tertiary/aromatic N) is 1. The van der Waals surface area contributed by atoms with Crippen molar-refractivity contribution < 1.29 is 9.13 Å². The first-order chi connectivity index (χ1) is 9.79. The van der Waals surface area contributed by atoms with Crippen molar-refractivity contribution in [3.63, 3.8) is 0 Å². The van der Waals surface area contributed by atoms with Crippen LogP contribution in [0.25, 0.3) is 0 Å². The minimum Gasteiger partial charge on any atom is -0.377 e. The van der Waals surface area contributed by atoms with Gasteiger partial charge in [-0.1, -0.05) is 36.4 Å². The highest BCUT2D eigenvalue weighted by Gasteiger charge is 2.02. The summed E-state index contributed by atoms with van der Waals surface area (Å²) in [5, 5.41) is 8.75. The van der Waals surface area contributed by atoms with E-state index < -0.39 is 5.82 Å². The predicted octanol–water partition coefficient (Wildman–Crippen LogP) is 3.85. The minimum absolute atomic E-state index is 0.0652. The van der Waals surface area contributed by atoms with Crippen LogP contribution in [0.3, 0.4) is 0 Å². The average molecular weight is 269 g/mol. The number of benzene rings is 2. The Hall–Kier alpha value is -2.18. The third-order valence-electron chi connectivity index (χ3n) is 3.02. The molecule has 0 aliphatic rings. The van der Waals surface area contributed by atoms with E-state index in [0.29, 0.717) is 13.2 Å². The molecule has 0 spiro atoms. The fourth-order valence-corrected chi connectivity index (χ4v) is 1.96. The summed E-state index contributed by atoms with van der Waals surface area (Å²) in [7, 11) is 0. The van der Waals surface area contributed by atoms with E-state index in [1.54, 1.807) is 6.07 Å². The molecule has 0 aromatic heterocycles. The van der Waals surface area contributed by atoms with Crippen molar-refractivity contribution in [3.8, 4) is 6.07 Å². The molecule has 2 rings (SSSR count). The largest absolute Gasteiger partial charge is 0.377 e. The van der Waals surface area contributed by atoms with Crippen LogP contribution in [0.15, 0.2) is 48.5 Å². The summed E-state index contributed by atoms with van der Waals surface area (Å²) in [5.74, 6) is -0.486. The molecular formula is C17H16FNO. The molecule has 0 atom stereocenters. The molecule has 0 saturated heterocycles. The Balaban J connectivity index is 1.72. The molecule has 102 valence electrons. The van der Waals surface area contributed by atoms with Gasteiger partial charge in [0.1, 0.15) is 11.9 Å². The summed E-state index contributed by atoms with van der Waals surface area (Å²) in [6.07, 6.45) is 1.92. The predicted molar refractivity (Wildman–Crippen MR) is 75.5 cm³/mol. The van der Waals surface area contributed by atoms with E-state index in [0.717, 1.165) is 18.4 Å². The molecule has 0 saturated carbocycles. The number of hydrogen-bond donors (Lipinski definition) is 0. The van der Waals surface area contributed by atoms with E-state index >= 15 is 0 Å². The van der Waals surface area contributed by atoms with Gasteiger partial charge in [-0.2, -0.15) is 5.26 Å². The van der Waals surface area contributed by atoms with Gasteiger partial charge in [-0.05, 0) is 36.1 Å². The van der Waals surface area contributed by atoms with Crippen LogP contribution >= 0.6 is 0 Å². The number of aryl methyl sites for hydroxylation is 1. The molecule has 20 heavy (non-hydrogen) atoms. The fraction of sp³-hybridized carbons (Fsp3) is 0.235. The van der Waals surface area contributed by atoms with Gasteiger partial charge in [0.05, 0.1) is 12.2 Å². The zero-order valence-electron chi connectivity index (χ0n) is 11.2. The van der Waals surface area contributed by atoms with Gasteiger partial charge in [-0.25, -0.2) is 4.39 Å². The van der Waals surface area contributed by atoms with Gasteiger partial charge in [-0.3, -0.25) is 0 Å². The molecular weight excluding hydrogens is 253 g/mol. The molecule has 0 radical (unpaired) electrons. The van der Waals surface area contributed by atoms with Crippen LogP contribution in [0.4, 0.5) is 4.39 Å². The van der Waals surface area contributed by atoms with Crippen LogP contribution < -0.4 is 0 Å². The molecule has 0 aliphatic heterocycles. The van der Waals surface area contributed by atoms with Crippen molar-refractivity contribution in [2.75, 3.05) is 6.61 Å². The van der Waals surface area contributed by atoms with E-state index in [4.69, 9.17) is 10.00 Å². The number of ether oxygens (including phenoxy) is 1. The molecule has 2 nitrogen and oxygen atoms in total. The third-order valence-corrected chi connectivity index (χ3v) is 3.02. The summed E-state index contributed by atoms with van der Waals surface area (Å²) >= 11 is 0. The Bertz CT molecular complexity index is 590. The van der Waals surface area contributed by atoms with Crippen LogP contribution in [0.1, 0.15) is 23.1 Å². The molecule has 0 bridgehead atoms. The Morgan fingerprint density at radius 1 is 1.05 bits per heavy atom. The Morgan fingerprint density at radius 3 is 2.60 bits per heavy atom. The topological polar surface area (TPSA) is 33.0 Å². The van der Waals surface area contributed by atoms with Gasteiger partial charge in [-0.15, -0.1) is 0 Å². The molecule has 0 N–H and O–H groups in total. The summed E-state index contributed by atoms with van der Waals surface area (Å²) in [5.41, 5.74) is 2.18. The Morgan fingerprint density at radius 2 is 1.85 bits per heavy atom. The first-order valence-corrected chi connectivity index (χ1v) is 6.60. The number of halogens is 1. The number of rotatable bonds is 6. The summed E-state index contributed by atoms with van der Waals surface area (Å²) < 4.78 is 18.7. The lowest BCUT2D eigenvalue weighted by Crippen LogP contribution is -1.98. The lowest BCUT2D eigenvalue weighted by Gasteiger charge is -2.05. The molecule has 2 aromatic carbocycles. The van der Waals surface area contributed by atoms with E-state index in [9.17, 15) is 4.39 Å². The second-order valence-corrected chi connectivity index (χ2v) is 4.57. The second kappa shape index (κ2) is 7.42. The standard InChI is InChI=1S/C17H16FNO/c18-17-9-8-15(11-16(17)12-19)13-20-10-4-7-14-5-2-1-3-6-14/h1-3,5-6,8-9,11H,4,7,10,13H2. The van der Waals surface area contributed by atoms with Crippen LogP contribution in [-0.2, 0) is 17.8 Å². The molecule has 3 heteroatoms. The van der Waals surface area contributed by atoms with Gasteiger partial charge >= 0.3 is 0 Å². The monoisotopic (exact) mass is 269 g/mol. The smallest absolute Gasteiger partial charge is 0.140 e. The summed E-state index contributed by atoms with van der Waals surface area (Å²) in [6, 6.07) is 16.6. The van der Waals surface area contributed by atoms with E-state index in [1.165, 1.54) is 17.7 Å². The SMILES string of the molecule is N#Cc1cc(COCCCc2ccccc2)ccc1F. The second-order valence-electron chi connectivity index (χ2n) is 4.57. The molecule has 0 fully saturated rings.